The SMILES string of the molecule is CSc1nn(-c2ccccc2)c(NC(=O)C[C@H]2C[C@H]3CC[C@@H]2C3)c1C#N. The molecule has 0 spiro atoms. The largest absolute Gasteiger partial charge is 0.309 e. The molecule has 2 fully saturated rings. The number of fused-ring (bicyclic) bond motifs is 2. The van der Waals surface area contributed by atoms with Crippen LogP contribution < -0.4 is 5.32 Å². The molecule has 1 aromatic heterocycles. The number of aromatic nitrogens is 2. The molecule has 2 aliphatic rings. The molecular weight excluding hydrogens is 344 g/mol. The van der Waals surface area contributed by atoms with Gasteiger partial charge in [0.2, 0.25) is 5.91 Å². The van der Waals surface area contributed by atoms with Crippen molar-refractivity contribution in [2.24, 2.45) is 17.8 Å². The summed E-state index contributed by atoms with van der Waals surface area (Å²) in [4.78, 5) is 12.7. The number of anilines is 1. The van der Waals surface area contributed by atoms with Gasteiger partial charge < -0.3 is 5.32 Å². The fraction of sp³-hybridized carbons (Fsp3) is 0.450. The molecule has 1 amide bonds. The molecule has 3 atom stereocenters. The van der Waals surface area contributed by atoms with E-state index in [1.807, 2.05) is 36.6 Å². The van der Waals surface area contributed by atoms with E-state index in [4.69, 9.17) is 0 Å². The van der Waals surface area contributed by atoms with Crippen molar-refractivity contribution < 1.29 is 4.79 Å². The smallest absolute Gasteiger partial charge is 0.225 e. The van der Waals surface area contributed by atoms with Crippen LogP contribution in [0.4, 0.5) is 5.82 Å². The summed E-state index contributed by atoms with van der Waals surface area (Å²) in [7, 11) is 0. The average molecular weight is 366 g/mol. The summed E-state index contributed by atoms with van der Waals surface area (Å²) in [6, 6.07) is 11.8. The molecule has 2 aromatic rings. The predicted molar refractivity (Wildman–Crippen MR) is 102 cm³/mol. The molecule has 26 heavy (non-hydrogen) atoms. The fourth-order valence-electron chi connectivity index (χ4n) is 4.56. The van der Waals surface area contributed by atoms with E-state index in [1.54, 1.807) is 4.68 Å². The predicted octanol–water partition coefficient (Wildman–Crippen LogP) is 4.23. The number of carbonyl (C=O) groups is 1. The first-order chi connectivity index (χ1) is 12.7. The molecule has 0 radical (unpaired) electrons. The summed E-state index contributed by atoms with van der Waals surface area (Å²) < 4.78 is 1.67. The second-order valence-corrected chi connectivity index (χ2v) is 8.07. The van der Waals surface area contributed by atoms with Gasteiger partial charge in [-0.05, 0) is 55.4 Å². The van der Waals surface area contributed by atoms with Gasteiger partial charge in [-0.2, -0.15) is 10.4 Å². The minimum absolute atomic E-state index is 0.0104. The first-order valence-electron chi connectivity index (χ1n) is 9.12. The molecular formula is C20H22N4OS. The van der Waals surface area contributed by atoms with Crippen molar-refractivity contribution in [3.8, 4) is 11.8 Å². The normalized spacial score (nSPS) is 23.8. The minimum Gasteiger partial charge on any atom is -0.309 e. The van der Waals surface area contributed by atoms with E-state index in [2.05, 4.69) is 16.5 Å². The highest BCUT2D eigenvalue weighted by atomic mass is 32.2. The number of nitriles is 1. The van der Waals surface area contributed by atoms with Gasteiger partial charge in [-0.25, -0.2) is 4.68 Å². The van der Waals surface area contributed by atoms with Crippen LogP contribution in [0.25, 0.3) is 5.69 Å². The van der Waals surface area contributed by atoms with Crippen LogP contribution >= 0.6 is 11.8 Å². The number of hydrogen-bond acceptors (Lipinski definition) is 4. The van der Waals surface area contributed by atoms with E-state index in [-0.39, 0.29) is 5.91 Å². The molecule has 1 aromatic carbocycles. The van der Waals surface area contributed by atoms with Crippen LogP contribution in [0.1, 0.15) is 37.7 Å². The van der Waals surface area contributed by atoms with Gasteiger partial charge in [-0.3, -0.25) is 4.79 Å². The third kappa shape index (κ3) is 3.12. The fourth-order valence-corrected chi connectivity index (χ4v) is 5.07. The van der Waals surface area contributed by atoms with E-state index >= 15 is 0 Å². The monoisotopic (exact) mass is 366 g/mol. The topological polar surface area (TPSA) is 70.7 Å². The molecule has 5 nitrogen and oxygen atoms in total. The van der Waals surface area contributed by atoms with Crippen LogP contribution in [-0.4, -0.2) is 21.9 Å². The molecule has 0 unspecified atom stereocenters. The van der Waals surface area contributed by atoms with Crippen molar-refractivity contribution in [1.29, 1.82) is 5.26 Å². The summed E-state index contributed by atoms with van der Waals surface area (Å²) in [5, 5.41) is 17.8. The lowest BCUT2D eigenvalue weighted by Gasteiger charge is -2.21. The zero-order valence-corrected chi connectivity index (χ0v) is 15.6. The van der Waals surface area contributed by atoms with E-state index in [0.29, 0.717) is 34.7 Å². The molecule has 0 saturated heterocycles. The van der Waals surface area contributed by atoms with Crippen LogP contribution in [0, 0.1) is 29.1 Å². The first kappa shape index (κ1) is 17.2. The Bertz CT molecular complexity index is 855. The molecule has 134 valence electrons. The second-order valence-electron chi connectivity index (χ2n) is 7.28. The Morgan fingerprint density at radius 2 is 2.15 bits per heavy atom. The lowest BCUT2D eigenvalue weighted by atomic mass is 9.86. The Morgan fingerprint density at radius 1 is 1.35 bits per heavy atom. The maximum atomic E-state index is 12.7. The second kappa shape index (κ2) is 7.16. The van der Waals surface area contributed by atoms with Gasteiger partial charge in [-0.1, -0.05) is 24.6 Å². The van der Waals surface area contributed by atoms with Gasteiger partial charge in [0.15, 0.2) is 5.82 Å². The summed E-state index contributed by atoms with van der Waals surface area (Å²) in [6.45, 7) is 0. The maximum absolute atomic E-state index is 12.7. The number of para-hydroxylation sites is 1. The molecule has 0 aliphatic heterocycles. The highest BCUT2D eigenvalue weighted by molar-refractivity contribution is 7.98. The lowest BCUT2D eigenvalue weighted by Crippen LogP contribution is -2.22. The van der Waals surface area contributed by atoms with Gasteiger partial charge >= 0.3 is 0 Å². The van der Waals surface area contributed by atoms with Crippen molar-refractivity contribution in [3.05, 3.63) is 35.9 Å². The number of rotatable bonds is 5. The van der Waals surface area contributed by atoms with Crippen molar-refractivity contribution >= 4 is 23.5 Å². The average Bonchev–Trinajstić information content (AvgIpc) is 3.36. The molecule has 4 rings (SSSR count). The van der Waals surface area contributed by atoms with Crippen molar-refractivity contribution in [2.45, 2.75) is 37.1 Å². The zero-order chi connectivity index (χ0) is 18.1. The minimum atomic E-state index is -0.0104. The van der Waals surface area contributed by atoms with Crippen molar-refractivity contribution in [3.63, 3.8) is 0 Å². The van der Waals surface area contributed by atoms with Crippen molar-refractivity contribution in [1.82, 2.24) is 9.78 Å². The van der Waals surface area contributed by atoms with E-state index in [9.17, 15) is 10.1 Å². The van der Waals surface area contributed by atoms with Crippen LogP contribution in [0.5, 0.6) is 0 Å². The van der Waals surface area contributed by atoms with E-state index < -0.39 is 0 Å². The van der Waals surface area contributed by atoms with Crippen LogP contribution in [0.15, 0.2) is 35.4 Å². The summed E-state index contributed by atoms with van der Waals surface area (Å²) >= 11 is 1.41. The third-order valence-electron chi connectivity index (χ3n) is 5.75. The van der Waals surface area contributed by atoms with Crippen LogP contribution in [0.2, 0.25) is 0 Å². The summed E-state index contributed by atoms with van der Waals surface area (Å²) in [6.07, 6.45) is 7.50. The number of nitrogens with one attached hydrogen (secondary N) is 1. The Hall–Kier alpha value is -2.26. The standard InChI is InChI=1S/C20H22N4OS/c1-26-20-17(12-21)19(24(23-20)16-5-3-2-4-6-16)22-18(25)11-15-10-13-7-8-14(15)9-13/h2-6,13-15H,7-11H2,1H3,(H,22,25)/t13-,14+,15+/m0/s1. The Kier molecular flexibility index (Phi) is 4.73. The molecule has 6 heteroatoms. The van der Waals surface area contributed by atoms with Gasteiger partial charge in [0.25, 0.3) is 0 Å². The van der Waals surface area contributed by atoms with Gasteiger partial charge in [0.05, 0.1) is 5.69 Å². The summed E-state index contributed by atoms with van der Waals surface area (Å²) in [5.74, 6) is 2.50. The number of hydrogen-bond donors (Lipinski definition) is 1. The first-order valence-corrected chi connectivity index (χ1v) is 10.3. The Labute approximate surface area is 157 Å². The van der Waals surface area contributed by atoms with Crippen LogP contribution in [-0.2, 0) is 4.79 Å². The molecule has 1 N–H and O–H groups in total. The quantitative estimate of drug-likeness (QED) is 0.804. The molecule has 1 heterocycles. The zero-order valence-electron chi connectivity index (χ0n) is 14.8. The molecule has 2 aliphatic carbocycles. The maximum Gasteiger partial charge on any atom is 0.225 e. The number of amides is 1. The van der Waals surface area contributed by atoms with Crippen LogP contribution in [0.3, 0.4) is 0 Å². The van der Waals surface area contributed by atoms with Gasteiger partial charge in [0, 0.05) is 6.42 Å². The number of carbonyl (C=O) groups excluding carboxylic acids is 1. The highest BCUT2D eigenvalue weighted by Crippen LogP contribution is 2.49. The lowest BCUT2D eigenvalue weighted by molar-refractivity contribution is -0.117. The Morgan fingerprint density at radius 3 is 2.77 bits per heavy atom. The number of benzene rings is 1. The van der Waals surface area contributed by atoms with Gasteiger partial charge in [-0.15, -0.1) is 11.8 Å². The highest BCUT2D eigenvalue weighted by Gasteiger charge is 2.40. The number of thioether (sulfide) groups is 1. The van der Waals surface area contributed by atoms with Crippen molar-refractivity contribution in [2.75, 3.05) is 11.6 Å². The Balaban J connectivity index is 1.59. The van der Waals surface area contributed by atoms with Gasteiger partial charge in [0.1, 0.15) is 16.7 Å². The van der Waals surface area contributed by atoms with E-state index in [0.717, 1.165) is 11.6 Å². The summed E-state index contributed by atoms with van der Waals surface area (Å²) in [5.41, 5.74) is 1.27. The molecule has 2 saturated carbocycles. The number of nitrogens with zero attached hydrogens (tertiary/aromatic N) is 3. The third-order valence-corrected chi connectivity index (χ3v) is 6.42. The van der Waals surface area contributed by atoms with E-state index in [1.165, 1.54) is 37.4 Å². The molecule has 2 bridgehead atoms.